The molecule has 0 N–H and O–H groups in total. The minimum absolute atomic E-state index is 0.612. The van der Waals surface area contributed by atoms with E-state index in [0.717, 1.165) is 13.1 Å². The third-order valence-corrected chi connectivity index (χ3v) is 1.82. The number of amides is 1. The van der Waals surface area contributed by atoms with E-state index in [2.05, 4.69) is 13.8 Å². The molecule has 1 amide bonds. The fourth-order valence-corrected chi connectivity index (χ4v) is 1.19. The van der Waals surface area contributed by atoms with Crippen LogP contribution in [0.25, 0.3) is 0 Å². The maximum absolute atomic E-state index is 10.3. The Labute approximate surface area is 69.6 Å². The highest BCUT2D eigenvalue weighted by Crippen LogP contribution is 2.05. The summed E-state index contributed by atoms with van der Waals surface area (Å²) in [5, 5.41) is 0. The first-order valence-corrected chi connectivity index (χ1v) is 4.37. The largest absolute Gasteiger partial charge is 0.334 e. The molecule has 0 saturated carbocycles. The molecule has 0 aromatic heterocycles. The summed E-state index contributed by atoms with van der Waals surface area (Å²) in [5.41, 5.74) is 0. The maximum Gasteiger partial charge on any atom is 0.312 e. The topological polar surface area (TPSA) is 20.3 Å². The standard InChI is InChI=1S/C9H18NO/c1-4-6-9(3)7-10(5-2)8-11/h9H,4-7H2,1-3H3. The Morgan fingerprint density at radius 1 is 1.45 bits per heavy atom. The van der Waals surface area contributed by atoms with Gasteiger partial charge < -0.3 is 4.90 Å². The minimum Gasteiger partial charge on any atom is -0.334 e. The molecule has 0 saturated heterocycles. The molecule has 0 fully saturated rings. The van der Waals surface area contributed by atoms with Crippen LogP contribution in [0.5, 0.6) is 0 Å². The lowest BCUT2D eigenvalue weighted by molar-refractivity contribution is 0.330. The van der Waals surface area contributed by atoms with Crippen LogP contribution in [0.4, 0.5) is 0 Å². The van der Waals surface area contributed by atoms with Gasteiger partial charge in [-0.2, -0.15) is 0 Å². The fraction of sp³-hybridized carbons (Fsp3) is 0.889. The van der Waals surface area contributed by atoms with Crippen molar-refractivity contribution < 1.29 is 4.79 Å². The molecule has 11 heavy (non-hydrogen) atoms. The van der Waals surface area contributed by atoms with Gasteiger partial charge in [0.15, 0.2) is 0 Å². The lowest BCUT2D eigenvalue weighted by atomic mass is 10.1. The zero-order valence-electron chi connectivity index (χ0n) is 7.76. The van der Waals surface area contributed by atoms with Gasteiger partial charge in [0, 0.05) is 13.1 Å². The van der Waals surface area contributed by atoms with Crippen molar-refractivity contribution in [2.75, 3.05) is 13.1 Å². The van der Waals surface area contributed by atoms with Gasteiger partial charge in [-0.3, -0.25) is 4.79 Å². The van der Waals surface area contributed by atoms with Crippen molar-refractivity contribution in [2.24, 2.45) is 5.92 Å². The van der Waals surface area contributed by atoms with E-state index in [1.54, 1.807) is 4.90 Å². The van der Waals surface area contributed by atoms with E-state index in [-0.39, 0.29) is 0 Å². The van der Waals surface area contributed by atoms with Crippen molar-refractivity contribution in [1.29, 1.82) is 0 Å². The van der Waals surface area contributed by atoms with Crippen LogP contribution in [-0.2, 0) is 4.79 Å². The molecule has 0 rings (SSSR count). The van der Waals surface area contributed by atoms with E-state index in [1.165, 1.54) is 12.8 Å². The van der Waals surface area contributed by atoms with Crippen molar-refractivity contribution in [3.05, 3.63) is 0 Å². The predicted molar refractivity (Wildman–Crippen MR) is 47.0 cm³/mol. The molecule has 0 spiro atoms. The first-order valence-electron chi connectivity index (χ1n) is 4.37. The van der Waals surface area contributed by atoms with E-state index in [9.17, 15) is 4.79 Å². The van der Waals surface area contributed by atoms with Crippen LogP contribution in [0.1, 0.15) is 33.6 Å². The highest BCUT2D eigenvalue weighted by atomic mass is 16.1. The van der Waals surface area contributed by atoms with Crippen LogP contribution in [0.2, 0.25) is 0 Å². The SMILES string of the molecule is CCCC(C)CN([C]=O)CC. The second kappa shape index (κ2) is 6.20. The molecule has 2 nitrogen and oxygen atoms in total. The molecule has 65 valence electrons. The van der Waals surface area contributed by atoms with Gasteiger partial charge in [0.25, 0.3) is 0 Å². The molecule has 0 aliphatic carbocycles. The van der Waals surface area contributed by atoms with Crippen LogP contribution in [0, 0.1) is 5.92 Å². The first kappa shape index (κ1) is 10.5. The van der Waals surface area contributed by atoms with E-state index in [0.29, 0.717) is 5.92 Å². The van der Waals surface area contributed by atoms with Crippen LogP contribution in [0.15, 0.2) is 0 Å². The number of hydrogen-bond acceptors (Lipinski definition) is 1. The highest BCUT2D eigenvalue weighted by Gasteiger charge is 2.05. The monoisotopic (exact) mass is 156 g/mol. The Bertz CT molecular complexity index is 104. The summed E-state index contributed by atoms with van der Waals surface area (Å²) in [6.07, 6.45) is 4.31. The van der Waals surface area contributed by atoms with E-state index >= 15 is 0 Å². The van der Waals surface area contributed by atoms with Crippen molar-refractivity contribution in [1.82, 2.24) is 4.90 Å². The van der Waals surface area contributed by atoms with Crippen LogP contribution in [-0.4, -0.2) is 24.4 Å². The molecule has 0 aromatic rings. The summed E-state index contributed by atoms with van der Waals surface area (Å²) in [7, 11) is 0. The second-order valence-corrected chi connectivity index (χ2v) is 3.02. The van der Waals surface area contributed by atoms with Gasteiger partial charge in [-0.05, 0) is 19.3 Å². The summed E-state index contributed by atoms with van der Waals surface area (Å²) in [4.78, 5) is 12.0. The lowest BCUT2D eigenvalue weighted by Gasteiger charge is -2.18. The lowest BCUT2D eigenvalue weighted by Crippen LogP contribution is -2.26. The highest BCUT2D eigenvalue weighted by molar-refractivity contribution is 5.47. The predicted octanol–water partition coefficient (Wildman–Crippen LogP) is 1.81. The smallest absolute Gasteiger partial charge is 0.312 e. The number of hydrogen-bond donors (Lipinski definition) is 0. The molecule has 2 heteroatoms. The summed E-state index contributed by atoms with van der Waals surface area (Å²) in [5.74, 6) is 0.612. The van der Waals surface area contributed by atoms with Gasteiger partial charge in [-0.25, -0.2) is 0 Å². The van der Waals surface area contributed by atoms with Crippen molar-refractivity contribution in [2.45, 2.75) is 33.6 Å². The Kier molecular flexibility index (Phi) is 5.90. The van der Waals surface area contributed by atoms with Gasteiger partial charge in [0.05, 0.1) is 0 Å². The van der Waals surface area contributed by atoms with Crippen LogP contribution in [0.3, 0.4) is 0 Å². The number of carbonyl (C=O) groups excluding carboxylic acids is 1. The van der Waals surface area contributed by atoms with Gasteiger partial charge in [-0.15, -0.1) is 0 Å². The molecular formula is C9H18NO. The van der Waals surface area contributed by atoms with Crippen molar-refractivity contribution in [3.63, 3.8) is 0 Å². The normalized spacial score (nSPS) is 12.6. The van der Waals surface area contributed by atoms with E-state index in [1.807, 2.05) is 13.3 Å². The van der Waals surface area contributed by atoms with Crippen LogP contribution < -0.4 is 0 Å². The van der Waals surface area contributed by atoms with Crippen molar-refractivity contribution >= 4 is 6.41 Å². The number of rotatable bonds is 6. The molecule has 1 radical (unpaired) electrons. The van der Waals surface area contributed by atoms with E-state index < -0.39 is 0 Å². The van der Waals surface area contributed by atoms with E-state index in [4.69, 9.17) is 0 Å². The Morgan fingerprint density at radius 3 is 2.45 bits per heavy atom. The average Bonchev–Trinajstić information content (AvgIpc) is 2.01. The summed E-state index contributed by atoms with van der Waals surface area (Å²) >= 11 is 0. The molecule has 1 atom stereocenters. The minimum atomic E-state index is 0.612. The third-order valence-electron chi connectivity index (χ3n) is 1.82. The molecule has 0 heterocycles. The van der Waals surface area contributed by atoms with Gasteiger partial charge in [-0.1, -0.05) is 20.3 Å². The molecule has 0 aliphatic heterocycles. The Hall–Kier alpha value is -0.530. The van der Waals surface area contributed by atoms with Crippen molar-refractivity contribution in [3.8, 4) is 0 Å². The zero-order valence-corrected chi connectivity index (χ0v) is 7.76. The Balaban J connectivity index is 3.53. The fourth-order valence-electron chi connectivity index (χ4n) is 1.19. The molecule has 0 bridgehead atoms. The van der Waals surface area contributed by atoms with Gasteiger partial charge in [0.2, 0.25) is 0 Å². The molecule has 0 aliphatic rings. The maximum atomic E-state index is 10.3. The summed E-state index contributed by atoms with van der Waals surface area (Å²) in [6, 6.07) is 0. The molecule has 0 aromatic carbocycles. The molecular weight excluding hydrogens is 138 g/mol. The molecule has 1 unspecified atom stereocenters. The second-order valence-electron chi connectivity index (χ2n) is 3.02. The van der Waals surface area contributed by atoms with Crippen LogP contribution >= 0.6 is 0 Å². The summed E-state index contributed by atoms with van der Waals surface area (Å²) in [6.45, 7) is 7.94. The average molecular weight is 156 g/mol. The van der Waals surface area contributed by atoms with Gasteiger partial charge in [0.1, 0.15) is 0 Å². The quantitative estimate of drug-likeness (QED) is 0.537. The Morgan fingerprint density at radius 2 is 2.09 bits per heavy atom. The third kappa shape index (κ3) is 4.82. The summed E-state index contributed by atoms with van der Waals surface area (Å²) < 4.78 is 0. The zero-order chi connectivity index (χ0) is 8.69. The first-order chi connectivity index (χ1) is 5.24. The van der Waals surface area contributed by atoms with Gasteiger partial charge >= 0.3 is 6.41 Å². The number of nitrogens with zero attached hydrogens (tertiary/aromatic N) is 1.